The van der Waals surface area contributed by atoms with Crippen LogP contribution in [0.15, 0.2) is 18.6 Å². The van der Waals surface area contributed by atoms with Gasteiger partial charge in [-0.3, -0.25) is 0 Å². The van der Waals surface area contributed by atoms with Crippen LogP contribution in [0.25, 0.3) is 11.0 Å². The molecular formula is C12H15FN4. The number of fused-ring (bicyclic) bond motifs is 1. The van der Waals surface area contributed by atoms with Crippen LogP contribution in [0, 0.1) is 0 Å². The first-order chi connectivity index (χ1) is 8.25. The minimum atomic E-state index is -0.738. The summed E-state index contributed by atoms with van der Waals surface area (Å²) in [6, 6.07) is 1.99. The van der Waals surface area contributed by atoms with Crippen molar-refractivity contribution in [3.05, 3.63) is 18.6 Å². The van der Waals surface area contributed by atoms with E-state index in [2.05, 4.69) is 9.97 Å². The SMILES string of the molecule is Cn1ccc2c(N3CCCC(F)C3)ncnc21. The Kier molecular flexibility index (Phi) is 2.46. The van der Waals surface area contributed by atoms with E-state index in [1.807, 2.05) is 28.8 Å². The maximum atomic E-state index is 13.4. The maximum Gasteiger partial charge on any atom is 0.145 e. The molecule has 0 aliphatic carbocycles. The van der Waals surface area contributed by atoms with Crippen LogP contribution in [0.1, 0.15) is 12.8 Å². The van der Waals surface area contributed by atoms with E-state index in [4.69, 9.17) is 0 Å². The molecule has 0 spiro atoms. The van der Waals surface area contributed by atoms with E-state index in [1.54, 1.807) is 6.33 Å². The third kappa shape index (κ3) is 1.75. The van der Waals surface area contributed by atoms with Crippen molar-refractivity contribution >= 4 is 16.9 Å². The number of anilines is 1. The van der Waals surface area contributed by atoms with Crippen LogP contribution in [0.2, 0.25) is 0 Å². The Bertz CT molecular complexity index is 536. The normalized spacial score (nSPS) is 21.1. The zero-order valence-electron chi connectivity index (χ0n) is 9.80. The lowest BCUT2D eigenvalue weighted by atomic mass is 10.1. The zero-order chi connectivity index (χ0) is 11.8. The van der Waals surface area contributed by atoms with E-state index in [1.165, 1.54) is 0 Å². The topological polar surface area (TPSA) is 34.0 Å². The highest BCUT2D eigenvalue weighted by Crippen LogP contribution is 2.26. The minimum absolute atomic E-state index is 0.445. The van der Waals surface area contributed by atoms with E-state index >= 15 is 0 Å². The highest BCUT2D eigenvalue weighted by atomic mass is 19.1. The van der Waals surface area contributed by atoms with Crippen molar-refractivity contribution in [2.24, 2.45) is 7.05 Å². The van der Waals surface area contributed by atoms with Gasteiger partial charge in [-0.25, -0.2) is 14.4 Å². The van der Waals surface area contributed by atoms with E-state index < -0.39 is 6.17 Å². The summed E-state index contributed by atoms with van der Waals surface area (Å²) in [5, 5.41) is 1.00. The van der Waals surface area contributed by atoms with Crippen LogP contribution >= 0.6 is 0 Å². The molecular weight excluding hydrogens is 219 g/mol. The lowest BCUT2D eigenvalue weighted by molar-refractivity contribution is 0.286. The molecule has 1 fully saturated rings. The van der Waals surface area contributed by atoms with Crippen molar-refractivity contribution in [1.82, 2.24) is 14.5 Å². The van der Waals surface area contributed by atoms with Crippen LogP contribution in [-0.4, -0.2) is 33.8 Å². The molecule has 4 nitrogen and oxygen atoms in total. The van der Waals surface area contributed by atoms with Gasteiger partial charge in [0, 0.05) is 19.8 Å². The monoisotopic (exact) mass is 234 g/mol. The Balaban J connectivity index is 2.04. The molecule has 3 rings (SSSR count). The number of piperidine rings is 1. The molecule has 0 N–H and O–H groups in total. The van der Waals surface area contributed by atoms with Gasteiger partial charge in [-0.2, -0.15) is 0 Å². The number of hydrogen-bond donors (Lipinski definition) is 0. The van der Waals surface area contributed by atoms with Gasteiger partial charge in [-0.05, 0) is 18.9 Å². The molecule has 3 heterocycles. The van der Waals surface area contributed by atoms with Crippen molar-refractivity contribution < 1.29 is 4.39 Å². The smallest absolute Gasteiger partial charge is 0.145 e. The number of rotatable bonds is 1. The van der Waals surface area contributed by atoms with Gasteiger partial charge in [-0.1, -0.05) is 0 Å². The summed E-state index contributed by atoms with van der Waals surface area (Å²) >= 11 is 0. The quantitative estimate of drug-likeness (QED) is 0.755. The molecule has 1 aliphatic rings. The average molecular weight is 234 g/mol. The Hall–Kier alpha value is -1.65. The summed E-state index contributed by atoms with van der Waals surface area (Å²) in [5.74, 6) is 0.859. The van der Waals surface area contributed by atoms with Gasteiger partial charge in [-0.15, -0.1) is 0 Å². The van der Waals surface area contributed by atoms with E-state index in [0.717, 1.165) is 29.8 Å². The number of aromatic nitrogens is 3. The number of halogens is 1. The second-order valence-corrected chi connectivity index (χ2v) is 4.55. The van der Waals surface area contributed by atoms with Gasteiger partial charge < -0.3 is 9.47 Å². The van der Waals surface area contributed by atoms with Gasteiger partial charge in [0.2, 0.25) is 0 Å². The fraction of sp³-hybridized carbons (Fsp3) is 0.500. The van der Waals surface area contributed by atoms with E-state index in [-0.39, 0.29) is 0 Å². The largest absolute Gasteiger partial charge is 0.353 e. The van der Waals surface area contributed by atoms with Crippen LogP contribution in [0.3, 0.4) is 0 Å². The Morgan fingerprint density at radius 2 is 2.29 bits per heavy atom. The fourth-order valence-corrected chi connectivity index (χ4v) is 2.43. The number of hydrogen-bond acceptors (Lipinski definition) is 3. The molecule has 0 aromatic carbocycles. The number of aryl methyl sites for hydroxylation is 1. The first kappa shape index (κ1) is 10.5. The lowest BCUT2D eigenvalue weighted by Gasteiger charge is -2.30. The summed E-state index contributed by atoms with van der Waals surface area (Å²) in [5.41, 5.74) is 0.899. The second kappa shape index (κ2) is 3.98. The average Bonchev–Trinajstić information content (AvgIpc) is 2.71. The highest BCUT2D eigenvalue weighted by molar-refractivity contribution is 5.87. The first-order valence-corrected chi connectivity index (χ1v) is 5.91. The fourth-order valence-electron chi connectivity index (χ4n) is 2.43. The molecule has 1 atom stereocenters. The van der Waals surface area contributed by atoms with Crippen LogP contribution in [0.4, 0.5) is 10.2 Å². The van der Waals surface area contributed by atoms with Crippen LogP contribution in [0.5, 0.6) is 0 Å². The summed E-state index contributed by atoms with van der Waals surface area (Å²) in [6.45, 7) is 1.32. The predicted octanol–water partition coefficient (Wildman–Crippen LogP) is 1.91. The first-order valence-electron chi connectivity index (χ1n) is 5.91. The van der Waals surface area contributed by atoms with Crippen molar-refractivity contribution in [3.63, 3.8) is 0 Å². The van der Waals surface area contributed by atoms with Gasteiger partial charge in [0.15, 0.2) is 0 Å². The van der Waals surface area contributed by atoms with E-state index in [0.29, 0.717) is 13.0 Å². The number of nitrogens with zero attached hydrogens (tertiary/aromatic N) is 4. The van der Waals surface area contributed by atoms with Crippen molar-refractivity contribution in [2.75, 3.05) is 18.0 Å². The van der Waals surface area contributed by atoms with Gasteiger partial charge in [0.1, 0.15) is 24.0 Å². The van der Waals surface area contributed by atoms with Gasteiger partial charge in [0.25, 0.3) is 0 Å². The molecule has 0 radical (unpaired) electrons. The summed E-state index contributed by atoms with van der Waals surface area (Å²) in [6.07, 6.45) is 4.33. The van der Waals surface area contributed by atoms with Gasteiger partial charge >= 0.3 is 0 Å². The molecule has 90 valence electrons. The molecule has 1 unspecified atom stereocenters. The van der Waals surface area contributed by atoms with Crippen LogP contribution in [-0.2, 0) is 7.05 Å². The molecule has 2 aromatic heterocycles. The van der Waals surface area contributed by atoms with Crippen LogP contribution < -0.4 is 4.90 Å². The Morgan fingerprint density at radius 1 is 1.41 bits per heavy atom. The van der Waals surface area contributed by atoms with Crippen molar-refractivity contribution in [2.45, 2.75) is 19.0 Å². The predicted molar refractivity (Wildman–Crippen MR) is 64.9 cm³/mol. The molecule has 17 heavy (non-hydrogen) atoms. The molecule has 5 heteroatoms. The van der Waals surface area contributed by atoms with Crippen molar-refractivity contribution in [1.29, 1.82) is 0 Å². The summed E-state index contributed by atoms with van der Waals surface area (Å²) in [4.78, 5) is 10.6. The highest BCUT2D eigenvalue weighted by Gasteiger charge is 2.22. The third-order valence-corrected chi connectivity index (χ3v) is 3.30. The molecule has 0 bridgehead atoms. The Labute approximate surface area is 99.1 Å². The minimum Gasteiger partial charge on any atom is -0.353 e. The lowest BCUT2D eigenvalue weighted by Crippen LogP contribution is -2.37. The molecule has 2 aromatic rings. The maximum absolute atomic E-state index is 13.4. The zero-order valence-corrected chi connectivity index (χ0v) is 9.80. The third-order valence-electron chi connectivity index (χ3n) is 3.30. The number of alkyl halides is 1. The van der Waals surface area contributed by atoms with E-state index in [9.17, 15) is 4.39 Å². The Morgan fingerprint density at radius 3 is 3.12 bits per heavy atom. The molecule has 1 aliphatic heterocycles. The standard InChI is InChI=1S/C12H15FN4/c1-16-6-4-10-11(16)14-8-15-12(10)17-5-2-3-9(13)7-17/h4,6,8-9H,2-3,5,7H2,1H3. The summed E-state index contributed by atoms with van der Waals surface area (Å²) < 4.78 is 15.4. The van der Waals surface area contributed by atoms with Crippen molar-refractivity contribution in [3.8, 4) is 0 Å². The second-order valence-electron chi connectivity index (χ2n) is 4.55. The molecule has 0 saturated carbocycles. The summed E-state index contributed by atoms with van der Waals surface area (Å²) in [7, 11) is 1.95. The molecule has 1 saturated heterocycles. The van der Waals surface area contributed by atoms with Gasteiger partial charge in [0.05, 0.1) is 11.9 Å². The molecule has 0 amide bonds.